The monoisotopic (exact) mass is 519 g/mol. The molecule has 6 aliphatic rings. The van der Waals surface area contributed by atoms with Gasteiger partial charge >= 0.3 is 0 Å². The summed E-state index contributed by atoms with van der Waals surface area (Å²) in [5, 5.41) is 16.8. The molecule has 2 aromatic heterocycles. The van der Waals surface area contributed by atoms with Crippen molar-refractivity contribution in [2.45, 2.75) is 70.4 Å². The normalized spacial score (nSPS) is 47.1. The molecule has 1 unspecified atom stereocenters. The topological polar surface area (TPSA) is 87.9 Å². The number of rotatable bonds is 1. The molecule has 2 aromatic rings. The van der Waals surface area contributed by atoms with Gasteiger partial charge in [-0.05, 0) is 85.0 Å². The van der Waals surface area contributed by atoms with Gasteiger partial charge in [-0.25, -0.2) is 9.67 Å². The van der Waals surface area contributed by atoms with E-state index in [1.54, 1.807) is 0 Å². The number of hydrogen-bond donors (Lipinski definition) is 1. The van der Waals surface area contributed by atoms with E-state index in [2.05, 4.69) is 31.8 Å². The molecule has 2 saturated heterocycles. The zero-order valence-electron chi connectivity index (χ0n) is 22.4. The Morgan fingerprint density at radius 2 is 2.00 bits per heavy atom. The molecule has 8 heteroatoms. The third kappa shape index (κ3) is 2.69. The van der Waals surface area contributed by atoms with Crippen molar-refractivity contribution in [3.8, 4) is 5.82 Å². The van der Waals surface area contributed by atoms with Crippen LogP contribution >= 0.6 is 0 Å². The predicted molar refractivity (Wildman–Crippen MR) is 138 cm³/mol. The van der Waals surface area contributed by atoms with Gasteiger partial charge in [0, 0.05) is 11.6 Å². The Hall–Kier alpha value is -2.10. The maximum Gasteiger partial charge on any atom is 0.227 e. The third-order valence-electron chi connectivity index (χ3n) is 11.6. The van der Waals surface area contributed by atoms with Crippen molar-refractivity contribution >= 4 is 6.08 Å². The van der Waals surface area contributed by atoms with E-state index in [0.29, 0.717) is 24.9 Å². The lowest BCUT2D eigenvalue weighted by molar-refractivity contribution is -0.266. The van der Waals surface area contributed by atoms with Gasteiger partial charge in [-0.15, -0.1) is 0 Å². The second-order valence-corrected chi connectivity index (χ2v) is 13.1. The zero-order valence-corrected chi connectivity index (χ0v) is 22.4. The van der Waals surface area contributed by atoms with Gasteiger partial charge < -0.3 is 24.1 Å². The summed E-state index contributed by atoms with van der Waals surface area (Å²) in [5.74, 6) is 1.22. The molecule has 4 aliphatic carbocycles. The van der Waals surface area contributed by atoms with Gasteiger partial charge in [0.15, 0.2) is 19.4 Å². The zero-order chi connectivity index (χ0) is 25.9. The van der Waals surface area contributed by atoms with Crippen LogP contribution in [-0.2, 0) is 25.4 Å². The minimum absolute atomic E-state index is 0.106. The molecule has 202 valence electrons. The van der Waals surface area contributed by atoms with E-state index in [0.717, 1.165) is 37.2 Å². The molecule has 5 fully saturated rings. The SMILES string of the molecule is C[C@@H]1C[C@H]2[C@@H]3CCC4=Cc5c(cnn5-c5ccccn5)C[C@]4(C)[C@H]3[C@@H](O)C[C@]2(C)[C@]12OCOC21COCO1. The Labute approximate surface area is 223 Å². The molecule has 9 atom stereocenters. The number of aromatic nitrogens is 3. The number of ether oxygens (including phenoxy) is 4. The Bertz CT molecular complexity index is 1300. The lowest BCUT2D eigenvalue weighted by Gasteiger charge is -2.61. The first-order chi connectivity index (χ1) is 18.3. The molecular weight excluding hydrogens is 482 g/mol. The van der Waals surface area contributed by atoms with Crippen molar-refractivity contribution in [1.82, 2.24) is 14.8 Å². The fraction of sp³-hybridized carbons (Fsp3) is 0.667. The summed E-state index contributed by atoms with van der Waals surface area (Å²) in [6, 6.07) is 5.93. The largest absolute Gasteiger partial charge is 0.393 e. The highest BCUT2D eigenvalue weighted by atomic mass is 16.9. The molecule has 4 heterocycles. The molecule has 3 saturated carbocycles. The minimum atomic E-state index is -0.883. The molecule has 8 nitrogen and oxygen atoms in total. The van der Waals surface area contributed by atoms with Crippen LogP contribution in [0.25, 0.3) is 11.9 Å². The molecule has 1 N–H and O–H groups in total. The lowest BCUT2D eigenvalue weighted by Crippen LogP contribution is -2.67. The van der Waals surface area contributed by atoms with Crippen LogP contribution in [0.4, 0.5) is 0 Å². The van der Waals surface area contributed by atoms with Crippen LogP contribution in [0.2, 0.25) is 0 Å². The van der Waals surface area contributed by atoms with Crippen LogP contribution in [-0.4, -0.2) is 57.6 Å². The highest BCUT2D eigenvalue weighted by Gasteiger charge is 2.79. The maximum absolute atomic E-state index is 12.1. The van der Waals surface area contributed by atoms with E-state index in [1.165, 1.54) is 11.1 Å². The summed E-state index contributed by atoms with van der Waals surface area (Å²) in [7, 11) is 0. The molecule has 0 radical (unpaired) electrons. The highest BCUT2D eigenvalue weighted by molar-refractivity contribution is 5.61. The van der Waals surface area contributed by atoms with Gasteiger partial charge in [0.1, 0.15) is 12.2 Å². The van der Waals surface area contributed by atoms with Gasteiger partial charge in [0.05, 0.1) is 18.0 Å². The minimum Gasteiger partial charge on any atom is -0.393 e. The van der Waals surface area contributed by atoms with Crippen LogP contribution in [0.5, 0.6) is 0 Å². The Morgan fingerprint density at radius 3 is 2.79 bits per heavy atom. The summed E-state index contributed by atoms with van der Waals surface area (Å²) in [5.41, 5.74) is 2.83. The number of aliphatic hydroxyl groups excluding tert-OH is 1. The fourth-order valence-corrected chi connectivity index (χ4v) is 10.4. The van der Waals surface area contributed by atoms with Crippen LogP contribution < -0.4 is 0 Å². The number of pyridine rings is 1. The molecule has 0 aromatic carbocycles. The number of hydrogen-bond acceptors (Lipinski definition) is 7. The van der Waals surface area contributed by atoms with Gasteiger partial charge in [0.25, 0.3) is 0 Å². The Balaban J connectivity index is 1.18. The quantitative estimate of drug-likeness (QED) is 0.607. The van der Waals surface area contributed by atoms with Gasteiger partial charge in [-0.2, -0.15) is 5.10 Å². The summed E-state index contributed by atoms with van der Waals surface area (Å²) in [6.07, 6.45) is 10.5. The molecule has 0 bridgehead atoms. The van der Waals surface area contributed by atoms with Crippen molar-refractivity contribution in [3.05, 3.63) is 47.4 Å². The van der Waals surface area contributed by atoms with E-state index in [1.807, 2.05) is 35.3 Å². The van der Waals surface area contributed by atoms with E-state index in [-0.39, 0.29) is 36.3 Å². The van der Waals surface area contributed by atoms with Crippen molar-refractivity contribution < 1.29 is 24.1 Å². The average Bonchev–Trinajstić information content (AvgIpc) is 3.67. The number of fused-ring (bicyclic) bond motifs is 8. The highest BCUT2D eigenvalue weighted by Crippen LogP contribution is 2.72. The van der Waals surface area contributed by atoms with E-state index >= 15 is 0 Å². The smallest absolute Gasteiger partial charge is 0.227 e. The Morgan fingerprint density at radius 1 is 1.13 bits per heavy atom. The lowest BCUT2D eigenvalue weighted by atomic mass is 9.45. The summed E-state index contributed by atoms with van der Waals surface area (Å²) in [6.45, 7) is 7.85. The fourth-order valence-electron chi connectivity index (χ4n) is 10.4. The van der Waals surface area contributed by atoms with Crippen LogP contribution in [0.1, 0.15) is 57.7 Å². The molecule has 2 aliphatic heterocycles. The standard InChI is InChI=1S/C30H37N3O5/c1-18-10-22-21-8-7-20-11-23-19(14-32-33(23)25-6-4-5-9-31-25)12-27(20,2)26(21)24(34)13-28(22,3)30(18)29(37-17-38-30)15-35-16-36-29/h4-6,9,11,14,18,21-22,24,26,34H,7-8,10,12-13,15-17H2,1-3H3/t18-,21+,22+,24+,26-,27+,28+,29?,30-/m1/s1. The summed E-state index contributed by atoms with van der Waals surface area (Å²) in [4.78, 5) is 4.53. The second kappa shape index (κ2) is 7.76. The molecule has 0 amide bonds. The van der Waals surface area contributed by atoms with Gasteiger partial charge in [0.2, 0.25) is 5.79 Å². The number of nitrogens with zero attached hydrogens (tertiary/aromatic N) is 3. The van der Waals surface area contributed by atoms with Crippen molar-refractivity contribution in [2.24, 2.45) is 34.5 Å². The maximum atomic E-state index is 12.1. The Kier molecular flexibility index (Phi) is 4.85. The summed E-state index contributed by atoms with van der Waals surface area (Å²) < 4.78 is 26.7. The van der Waals surface area contributed by atoms with Crippen molar-refractivity contribution in [2.75, 3.05) is 20.2 Å². The molecular formula is C30H37N3O5. The molecule has 2 spiro atoms. The number of aliphatic hydroxyl groups is 1. The van der Waals surface area contributed by atoms with Crippen LogP contribution in [0.15, 0.2) is 36.2 Å². The van der Waals surface area contributed by atoms with Crippen LogP contribution in [0, 0.1) is 34.5 Å². The molecule has 8 rings (SSSR count). The van der Waals surface area contributed by atoms with Gasteiger partial charge in [-0.3, -0.25) is 0 Å². The first-order valence-corrected chi connectivity index (χ1v) is 14.2. The predicted octanol–water partition coefficient (Wildman–Crippen LogP) is 4.11. The van der Waals surface area contributed by atoms with E-state index in [4.69, 9.17) is 24.0 Å². The van der Waals surface area contributed by atoms with Crippen molar-refractivity contribution in [1.29, 1.82) is 0 Å². The first kappa shape index (κ1) is 23.8. The van der Waals surface area contributed by atoms with Crippen LogP contribution in [0.3, 0.4) is 0 Å². The third-order valence-corrected chi connectivity index (χ3v) is 11.6. The molecule has 38 heavy (non-hydrogen) atoms. The first-order valence-electron chi connectivity index (χ1n) is 14.2. The average molecular weight is 520 g/mol. The summed E-state index contributed by atoms with van der Waals surface area (Å²) >= 11 is 0. The van der Waals surface area contributed by atoms with Crippen molar-refractivity contribution in [3.63, 3.8) is 0 Å². The second-order valence-electron chi connectivity index (χ2n) is 13.1. The number of allylic oxidation sites excluding steroid dienone is 1. The van der Waals surface area contributed by atoms with E-state index < -0.39 is 17.5 Å². The van der Waals surface area contributed by atoms with E-state index in [9.17, 15) is 5.11 Å². The van der Waals surface area contributed by atoms with Gasteiger partial charge in [-0.1, -0.05) is 32.4 Å².